The van der Waals surface area contributed by atoms with Crippen LogP contribution in [0.4, 0.5) is 4.79 Å². The van der Waals surface area contributed by atoms with Gasteiger partial charge in [0.05, 0.1) is 7.11 Å². The Balaban J connectivity index is 1.38. The molecule has 0 bridgehead atoms. The average molecular weight is 513 g/mol. The molecule has 5 rings (SSSR count). The second-order valence-corrected chi connectivity index (χ2v) is 11.3. The van der Waals surface area contributed by atoms with Crippen LogP contribution in [0.1, 0.15) is 55.4 Å². The molecular weight excluding hydrogens is 476 g/mol. The van der Waals surface area contributed by atoms with Crippen LogP contribution in [0.15, 0.2) is 60.9 Å². The lowest BCUT2D eigenvalue weighted by Gasteiger charge is -2.34. The molecule has 38 heavy (non-hydrogen) atoms. The van der Waals surface area contributed by atoms with E-state index >= 15 is 0 Å². The molecule has 3 amide bonds. The van der Waals surface area contributed by atoms with Crippen molar-refractivity contribution in [3.8, 4) is 16.9 Å². The molecule has 198 valence electrons. The number of ether oxygens (including phenoxy) is 1. The number of benzene rings is 2. The van der Waals surface area contributed by atoms with Crippen molar-refractivity contribution in [2.45, 2.75) is 58.2 Å². The highest BCUT2D eigenvalue weighted by Crippen LogP contribution is 2.47. The van der Waals surface area contributed by atoms with Crippen LogP contribution in [-0.4, -0.2) is 41.0 Å². The predicted molar refractivity (Wildman–Crippen MR) is 148 cm³/mol. The molecule has 0 unspecified atom stereocenters. The van der Waals surface area contributed by atoms with Crippen molar-refractivity contribution < 1.29 is 14.3 Å². The first-order chi connectivity index (χ1) is 18.2. The highest BCUT2D eigenvalue weighted by atomic mass is 16.5. The Labute approximate surface area is 224 Å². The molecule has 1 aliphatic heterocycles. The number of carbonyl (C=O) groups excluding carboxylic acids is 2. The number of urea groups is 1. The van der Waals surface area contributed by atoms with Crippen LogP contribution < -0.4 is 15.4 Å². The fraction of sp³-hybridized carbons (Fsp3) is 0.387. The molecule has 0 radical (unpaired) electrons. The molecular formula is C31H36N4O3. The number of nitrogens with one attached hydrogen (secondary N) is 2. The van der Waals surface area contributed by atoms with Gasteiger partial charge in [-0.15, -0.1) is 0 Å². The van der Waals surface area contributed by atoms with Crippen LogP contribution in [0, 0.1) is 5.92 Å². The summed E-state index contributed by atoms with van der Waals surface area (Å²) in [6.07, 6.45) is 5.20. The monoisotopic (exact) mass is 512 g/mol. The smallest absolute Gasteiger partial charge is 0.318 e. The zero-order valence-corrected chi connectivity index (χ0v) is 22.6. The Bertz CT molecular complexity index is 1330. The summed E-state index contributed by atoms with van der Waals surface area (Å²) in [6, 6.07) is 16.2. The number of nitrogens with zero attached hydrogens (tertiary/aromatic N) is 2. The zero-order valence-electron chi connectivity index (χ0n) is 22.6. The third-order valence-electron chi connectivity index (χ3n) is 7.35. The number of hydrogen-bond acceptors (Lipinski definition) is 4. The third-order valence-corrected chi connectivity index (χ3v) is 7.35. The van der Waals surface area contributed by atoms with Gasteiger partial charge in [-0.1, -0.05) is 30.3 Å². The molecule has 1 aromatic heterocycles. The molecule has 7 nitrogen and oxygen atoms in total. The average Bonchev–Trinajstić information content (AvgIpc) is 3.72. The molecule has 2 aromatic carbocycles. The van der Waals surface area contributed by atoms with Gasteiger partial charge in [-0.3, -0.25) is 9.78 Å². The van der Waals surface area contributed by atoms with E-state index in [9.17, 15) is 9.59 Å². The molecule has 2 heterocycles. The summed E-state index contributed by atoms with van der Waals surface area (Å²) in [4.78, 5) is 32.1. The van der Waals surface area contributed by atoms with E-state index in [1.54, 1.807) is 13.3 Å². The molecule has 1 aliphatic carbocycles. The molecule has 0 spiro atoms. The lowest BCUT2D eigenvalue weighted by atomic mass is 9.87. The van der Waals surface area contributed by atoms with E-state index < -0.39 is 0 Å². The second kappa shape index (κ2) is 10.5. The Kier molecular flexibility index (Phi) is 7.11. The zero-order chi connectivity index (χ0) is 26.9. The van der Waals surface area contributed by atoms with Gasteiger partial charge in [0.25, 0.3) is 0 Å². The highest BCUT2D eigenvalue weighted by Gasteiger charge is 2.44. The number of fused-ring (bicyclic) bond motifs is 1. The van der Waals surface area contributed by atoms with Crippen molar-refractivity contribution in [2.24, 2.45) is 5.92 Å². The van der Waals surface area contributed by atoms with Gasteiger partial charge >= 0.3 is 6.03 Å². The van der Waals surface area contributed by atoms with Crippen molar-refractivity contribution in [1.82, 2.24) is 20.5 Å². The SMILES string of the molecule is COc1cccc(-c2ccc(CNC(=O)[C@H]3C[C@H]3c3cccnc3)c3c2CCN(C(=O)NC(C)(C)C)C3)c1. The Morgan fingerprint density at radius 2 is 1.95 bits per heavy atom. The van der Waals surface area contributed by atoms with E-state index in [4.69, 9.17) is 4.74 Å². The van der Waals surface area contributed by atoms with E-state index in [1.807, 2.05) is 62.2 Å². The predicted octanol–water partition coefficient (Wildman–Crippen LogP) is 5.04. The third kappa shape index (κ3) is 5.67. The fourth-order valence-electron chi connectivity index (χ4n) is 5.30. The number of aromatic nitrogens is 1. The lowest BCUT2D eigenvalue weighted by molar-refractivity contribution is -0.122. The molecule has 0 saturated heterocycles. The molecule has 3 aromatic rings. The number of rotatable bonds is 6. The maximum absolute atomic E-state index is 13.0. The lowest BCUT2D eigenvalue weighted by Crippen LogP contribution is -2.50. The van der Waals surface area contributed by atoms with Gasteiger partial charge in [-0.2, -0.15) is 0 Å². The van der Waals surface area contributed by atoms with Crippen LogP contribution in [0.3, 0.4) is 0 Å². The number of amides is 3. The quantitative estimate of drug-likeness (QED) is 0.485. The summed E-state index contributed by atoms with van der Waals surface area (Å²) < 4.78 is 5.46. The number of hydrogen-bond donors (Lipinski definition) is 2. The summed E-state index contributed by atoms with van der Waals surface area (Å²) in [5, 5.41) is 6.26. The van der Waals surface area contributed by atoms with Gasteiger partial charge in [-0.05, 0) is 91.1 Å². The van der Waals surface area contributed by atoms with E-state index in [0.29, 0.717) is 19.6 Å². The van der Waals surface area contributed by atoms with Crippen LogP contribution >= 0.6 is 0 Å². The summed E-state index contributed by atoms with van der Waals surface area (Å²) in [6.45, 7) is 7.53. The van der Waals surface area contributed by atoms with Crippen molar-refractivity contribution in [1.29, 1.82) is 0 Å². The highest BCUT2D eigenvalue weighted by molar-refractivity contribution is 5.83. The Hall–Kier alpha value is -3.87. The van der Waals surface area contributed by atoms with E-state index in [2.05, 4.69) is 33.8 Å². The van der Waals surface area contributed by atoms with Gasteiger partial charge in [0.1, 0.15) is 5.75 Å². The summed E-state index contributed by atoms with van der Waals surface area (Å²) in [5.41, 5.74) is 6.42. The van der Waals surface area contributed by atoms with Gasteiger partial charge in [0.2, 0.25) is 5.91 Å². The Morgan fingerprint density at radius 1 is 1.11 bits per heavy atom. The topological polar surface area (TPSA) is 83.6 Å². The largest absolute Gasteiger partial charge is 0.497 e. The maximum Gasteiger partial charge on any atom is 0.318 e. The number of carbonyl (C=O) groups is 2. The van der Waals surface area contributed by atoms with Crippen molar-refractivity contribution in [3.05, 3.63) is 83.2 Å². The minimum Gasteiger partial charge on any atom is -0.497 e. The molecule has 1 fully saturated rings. The standard InChI is InChI=1S/C31H36N4O3/c1-31(2,3)34-30(37)35-14-12-25-24(20-7-5-9-23(15-20)38-4)11-10-22(28(25)19-35)18-33-29(36)27-16-26(27)21-8-6-13-32-17-21/h5-11,13,15,17,26-27H,12,14,16,18-19H2,1-4H3,(H,33,36)(H,34,37)/t26-,27-/m0/s1. The molecule has 1 saturated carbocycles. The van der Waals surface area contributed by atoms with Gasteiger partial charge in [-0.25, -0.2) is 4.79 Å². The number of methoxy groups -OCH3 is 1. The van der Waals surface area contributed by atoms with E-state index in [-0.39, 0.29) is 29.3 Å². The van der Waals surface area contributed by atoms with E-state index in [1.165, 1.54) is 5.56 Å². The summed E-state index contributed by atoms with van der Waals surface area (Å²) in [7, 11) is 1.67. The summed E-state index contributed by atoms with van der Waals surface area (Å²) in [5.74, 6) is 1.11. The van der Waals surface area contributed by atoms with Crippen molar-refractivity contribution >= 4 is 11.9 Å². The van der Waals surface area contributed by atoms with E-state index in [0.717, 1.165) is 46.4 Å². The molecule has 2 aliphatic rings. The van der Waals surface area contributed by atoms with Crippen LogP contribution in [0.2, 0.25) is 0 Å². The molecule has 2 atom stereocenters. The maximum atomic E-state index is 13.0. The van der Waals surface area contributed by atoms with Crippen LogP contribution in [0.25, 0.3) is 11.1 Å². The summed E-state index contributed by atoms with van der Waals surface area (Å²) >= 11 is 0. The Morgan fingerprint density at radius 3 is 2.68 bits per heavy atom. The minimum atomic E-state index is -0.314. The van der Waals surface area contributed by atoms with Crippen molar-refractivity contribution in [3.63, 3.8) is 0 Å². The van der Waals surface area contributed by atoms with Gasteiger partial charge in [0.15, 0.2) is 0 Å². The first-order valence-corrected chi connectivity index (χ1v) is 13.3. The van der Waals surface area contributed by atoms with Crippen molar-refractivity contribution in [2.75, 3.05) is 13.7 Å². The molecule has 2 N–H and O–H groups in total. The first-order valence-electron chi connectivity index (χ1n) is 13.3. The molecule has 7 heteroatoms. The minimum absolute atomic E-state index is 0.0138. The normalized spacial score (nSPS) is 18.4. The fourth-order valence-corrected chi connectivity index (χ4v) is 5.30. The first kappa shape index (κ1) is 25.8. The van der Waals surface area contributed by atoms with Gasteiger partial charge in [0, 0.05) is 43.5 Å². The second-order valence-electron chi connectivity index (χ2n) is 11.3. The number of pyridine rings is 1. The van der Waals surface area contributed by atoms with Crippen LogP contribution in [-0.2, 0) is 24.3 Å². The van der Waals surface area contributed by atoms with Crippen LogP contribution in [0.5, 0.6) is 5.75 Å². The van der Waals surface area contributed by atoms with Gasteiger partial charge < -0.3 is 20.3 Å².